The summed E-state index contributed by atoms with van der Waals surface area (Å²) in [5.74, 6) is -0.151. The van der Waals surface area contributed by atoms with Gasteiger partial charge in [-0.2, -0.15) is 0 Å². The molecule has 0 spiro atoms. The van der Waals surface area contributed by atoms with Gasteiger partial charge in [0.1, 0.15) is 0 Å². The second-order valence-electron chi connectivity index (χ2n) is 6.60. The van der Waals surface area contributed by atoms with Gasteiger partial charge in [-0.3, -0.25) is 4.79 Å². The van der Waals surface area contributed by atoms with E-state index < -0.39 is 0 Å². The van der Waals surface area contributed by atoms with Crippen LogP contribution in [-0.2, 0) is 16.0 Å². The normalized spacial score (nSPS) is 20.1. The van der Waals surface area contributed by atoms with E-state index >= 15 is 0 Å². The molecule has 1 saturated heterocycles. The van der Waals surface area contributed by atoms with E-state index in [0.717, 1.165) is 24.5 Å². The van der Waals surface area contributed by atoms with Crippen LogP contribution in [0.3, 0.4) is 0 Å². The van der Waals surface area contributed by atoms with E-state index in [9.17, 15) is 4.79 Å². The molecule has 2 atom stereocenters. The van der Waals surface area contributed by atoms with Gasteiger partial charge in [0.05, 0.1) is 30.0 Å². The van der Waals surface area contributed by atoms with Gasteiger partial charge in [-0.1, -0.05) is 41.4 Å². The van der Waals surface area contributed by atoms with Crippen LogP contribution in [0.15, 0.2) is 42.5 Å². The second-order valence-corrected chi connectivity index (χ2v) is 7.42. The zero-order valence-electron chi connectivity index (χ0n) is 14.8. The molecule has 0 bridgehead atoms. The second kappa shape index (κ2) is 8.30. The fraction of sp³-hybridized carbons (Fsp3) is 0.350. The van der Waals surface area contributed by atoms with E-state index in [1.165, 1.54) is 0 Å². The van der Waals surface area contributed by atoms with Crippen molar-refractivity contribution in [2.45, 2.75) is 32.5 Å². The number of anilines is 2. The lowest BCUT2D eigenvalue weighted by Crippen LogP contribution is -2.45. The van der Waals surface area contributed by atoms with Crippen molar-refractivity contribution in [1.82, 2.24) is 0 Å². The highest BCUT2D eigenvalue weighted by molar-refractivity contribution is 6.36. The topological polar surface area (TPSA) is 41.6 Å². The third-order valence-corrected chi connectivity index (χ3v) is 5.05. The molecular weight excluding hydrogens is 371 g/mol. The number of para-hydroxylation sites is 2. The highest BCUT2D eigenvalue weighted by Crippen LogP contribution is 2.29. The Bertz CT molecular complexity index is 767. The molecule has 1 aliphatic heterocycles. The zero-order valence-corrected chi connectivity index (χ0v) is 16.3. The quantitative estimate of drug-likeness (QED) is 0.812. The molecule has 3 rings (SSSR count). The molecule has 2 aromatic rings. The van der Waals surface area contributed by atoms with Crippen molar-refractivity contribution in [3.63, 3.8) is 0 Å². The Morgan fingerprint density at radius 3 is 2.35 bits per heavy atom. The first-order valence-electron chi connectivity index (χ1n) is 8.66. The first kappa shape index (κ1) is 19.0. The molecule has 138 valence electrons. The van der Waals surface area contributed by atoms with Gasteiger partial charge >= 0.3 is 0 Å². The number of hydrogen-bond acceptors (Lipinski definition) is 3. The number of nitrogens with zero attached hydrogens (tertiary/aromatic N) is 1. The van der Waals surface area contributed by atoms with Gasteiger partial charge in [-0.25, -0.2) is 0 Å². The molecule has 4 nitrogen and oxygen atoms in total. The highest BCUT2D eigenvalue weighted by atomic mass is 35.5. The molecule has 1 N–H and O–H groups in total. The fourth-order valence-corrected chi connectivity index (χ4v) is 3.82. The summed E-state index contributed by atoms with van der Waals surface area (Å²) in [7, 11) is 0. The Labute approximate surface area is 164 Å². The van der Waals surface area contributed by atoms with Gasteiger partial charge < -0.3 is 15.0 Å². The van der Waals surface area contributed by atoms with Crippen molar-refractivity contribution in [1.29, 1.82) is 0 Å². The standard InChI is InChI=1S/C20H22Cl2N2O2/c1-13-11-24(12-14(2)26-13)19-9-4-3-8-18(19)23-20(25)10-15-16(21)6-5-7-17(15)22/h3-9,13-14H,10-12H2,1-2H3,(H,23,25). The van der Waals surface area contributed by atoms with Crippen LogP contribution in [0.5, 0.6) is 0 Å². The molecule has 0 radical (unpaired) electrons. The average Bonchev–Trinajstić information content (AvgIpc) is 2.58. The number of halogens is 2. The average molecular weight is 393 g/mol. The summed E-state index contributed by atoms with van der Waals surface area (Å²) < 4.78 is 5.81. The molecule has 2 unspecified atom stereocenters. The summed E-state index contributed by atoms with van der Waals surface area (Å²) in [6.07, 6.45) is 0.414. The predicted octanol–water partition coefficient (Wildman–Crippen LogP) is 4.79. The molecule has 0 saturated carbocycles. The van der Waals surface area contributed by atoms with Crippen molar-refractivity contribution >= 4 is 40.5 Å². The largest absolute Gasteiger partial charge is 0.372 e. The van der Waals surface area contributed by atoms with E-state index in [-0.39, 0.29) is 24.5 Å². The maximum Gasteiger partial charge on any atom is 0.228 e. The lowest BCUT2D eigenvalue weighted by atomic mass is 10.1. The number of amides is 1. The molecule has 1 aliphatic rings. The molecule has 0 aromatic heterocycles. The van der Waals surface area contributed by atoms with Crippen molar-refractivity contribution in [2.24, 2.45) is 0 Å². The van der Waals surface area contributed by atoms with Crippen molar-refractivity contribution in [2.75, 3.05) is 23.3 Å². The highest BCUT2D eigenvalue weighted by Gasteiger charge is 2.24. The van der Waals surface area contributed by atoms with Crippen molar-refractivity contribution in [3.8, 4) is 0 Å². The number of carbonyl (C=O) groups is 1. The first-order valence-corrected chi connectivity index (χ1v) is 9.42. The predicted molar refractivity (Wildman–Crippen MR) is 107 cm³/mol. The number of ether oxygens (including phenoxy) is 1. The van der Waals surface area contributed by atoms with E-state index in [1.807, 2.05) is 24.3 Å². The van der Waals surface area contributed by atoms with Crippen LogP contribution in [0.25, 0.3) is 0 Å². The van der Waals surface area contributed by atoms with Crippen LogP contribution in [0.2, 0.25) is 10.0 Å². The van der Waals surface area contributed by atoms with Gasteiger partial charge in [0.15, 0.2) is 0 Å². The van der Waals surface area contributed by atoms with Crippen LogP contribution < -0.4 is 10.2 Å². The van der Waals surface area contributed by atoms with E-state index in [4.69, 9.17) is 27.9 Å². The number of morpholine rings is 1. The number of rotatable bonds is 4. The van der Waals surface area contributed by atoms with Gasteiger partial charge in [-0.05, 0) is 43.7 Å². The Morgan fingerprint density at radius 1 is 1.08 bits per heavy atom. The maximum atomic E-state index is 12.6. The summed E-state index contributed by atoms with van der Waals surface area (Å²) in [6.45, 7) is 5.69. The lowest BCUT2D eigenvalue weighted by molar-refractivity contribution is -0.115. The number of carbonyl (C=O) groups excluding carboxylic acids is 1. The van der Waals surface area contributed by atoms with Crippen LogP contribution >= 0.6 is 23.2 Å². The summed E-state index contributed by atoms with van der Waals surface area (Å²) in [5.41, 5.74) is 2.41. The summed E-state index contributed by atoms with van der Waals surface area (Å²) in [5, 5.41) is 4.00. The summed E-state index contributed by atoms with van der Waals surface area (Å²) >= 11 is 12.4. The van der Waals surface area contributed by atoms with Gasteiger partial charge in [0.25, 0.3) is 0 Å². The van der Waals surface area contributed by atoms with E-state index in [0.29, 0.717) is 15.6 Å². The van der Waals surface area contributed by atoms with E-state index in [2.05, 4.69) is 24.1 Å². The Morgan fingerprint density at radius 2 is 1.69 bits per heavy atom. The smallest absolute Gasteiger partial charge is 0.228 e. The molecule has 2 aromatic carbocycles. The Kier molecular flexibility index (Phi) is 6.07. The summed E-state index contributed by atoms with van der Waals surface area (Å²) in [6, 6.07) is 13.0. The number of nitrogens with one attached hydrogen (secondary N) is 1. The minimum absolute atomic E-state index is 0.128. The summed E-state index contributed by atoms with van der Waals surface area (Å²) in [4.78, 5) is 14.8. The van der Waals surface area contributed by atoms with Crippen LogP contribution in [0, 0.1) is 0 Å². The Balaban J connectivity index is 1.77. The molecule has 0 aliphatic carbocycles. The maximum absolute atomic E-state index is 12.6. The lowest BCUT2D eigenvalue weighted by Gasteiger charge is -2.37. The molecule has 26 heavy (non-hydrogen) atoms. The third-order valence-electron chi connectivity index (χ3n) is 4.34. The Hall–Kier alpha value is -1.75. The van der Waals surface area contributed by atoms with Gasteiger partial charge in [0, 0.05) is 23.1 Å². The minimum Gasteiger partial charge on any atom is -0.372 e. The molecule has 6 heteroatoms. The molecular formula is C20H22Cl2N2O2. The van der Waals surface area contributed by atoms with Gasteiger partial charge in [0.2, 0.25) is 5.91 Å². The molecule has 1 amide bonds. The molecule has 1 heterocycles. The monoisotopic (exact) mass is 392 g/mol. The van der Waals surface area contributed by atoms with Crippen molar-refractivity contribution < 1.29 is 9.53 Å². The van der Waals surface area contributed by atoms with Crippen LogP contribution in [0.4, 0.5) is 11.4 Å². The zero-order chi connectivity index (χ0) is 18.7. The van der Waals surface area contributed by atoms with Crippen LogP contribution in [0.1, 0.15) is 19.4 Å². The fourth-order valence-electron chi connectivity index (χ4n) is 3.29. The number of benzene rings is 2. The van der Waals surface area contributed by atoms with Crippen LogP contribution in [-0.4, -0.2) is 31.2 Å². The van der Waals surface area contributed by atoms with Crippen molar-refractivity contribution in [3.05, 3.63) is 58.1 Å². The number of hydrogen-bond donors (Lipinski definition) is 1. The third kappa shape index (κ3) is 4.50. The first-order chi connectivity index (χ1) is 12.4. The molecule has 1 fully saturated rings. The SMILES string of the molecule is CC1CN(c2ccccc2NC(=O)Cc2c(Cl)cccc2Cl)CC(C)O1. The minimum atomic E-state index is -0.151. The van der Waals surface area contributed by atoms with Gasteiger partial charge in [-0.15, -0.1) is 0 Å². The van der Waals surface area contributed by atoms with E-state index in [1.54, 1.807) is 18.2 Å².